The molecule has 34 heavy (non-hydrogen) atoms. The quantitative estimate of drug-likeness (QED) is 0.617. The highest BCUT2D eigenvalue weighted by Crippen LogP contribution is 2.49. The minimum absolute atomic E-state index is 0.0438. The van der Waals surface area contributed by atoms with Gasteiger partial charge in [-0.05, 0) is 65.9 Å². The van der Waals surface area contributed by atoms with Gasteiger partial charge in [-0.25, -0.2) is 14.0 Å². The average Bonchev–Trinajstić information content (AvgIpc) is 3.55. The van der Waals surface area contributed by atoms with Crippen LogP contribution in [0.25, 0.3) is 10.9 Å². The Bertz CT molecular complexity index is 1200. The molecule has 0 saturated heterocycles. The van der Waals surface area contributed by atoms with Crippen molar-refractivity contribution in [3.05, 3.63) is 39.4 Å². The molecular weight excluding hydrogens is 443 g/mol. The Labute approximate surface area is 197 Å². The number of carbonyl (C=O) groups is 2. The lowest BCUT2D eigenvalue weighted by Gasteiger charge is -2.43. The maximum atomic E-state index is 15.7. The first-order valence-corrected chi connectivity index (χ1v) is 11.7. The van der Waals surface area contributed by atoms with Crippen molar-refractivity contribution in [1.82, 2.24) is 9.88 Å². The standard InChI is InChI=1S/C25H31FN2O6/c1-6-33-22(30)16-13-28(14-8-9-14)19-15(20(16)29)12-17(26)18(21(19)32-5)25(10-7-11-25)27-23(31)34-24(2,3)4/h12-14H,6-11H2,1-5H3,(H,27,31). The number of nitrogens with zero attached hydrogens (tertiary/aromatic N) is 1. The van der Waals surface area contributed by atoms with E-state index < -0.39 is 34.4 Å². The van der Waals surface area contributed by atoms with Gasteiger partial charge in [0, 0.05) is 12.2 Å². The summed E-state index contributed by atoms with van der Waals surface area (Å²) in [6, 6.07) is 1.20. The smallest absolute Gasteiger partial charge is 0.408 e. The van der Waals surface area contributed by atoms with E-state index in [1.54, 1.807) is 27.7 Å². The van der Waals surface area contributed by atoms with Gasteiger partial charge in [0.05, 0.1) is 35.7 Å². The maximum Gasteiger partial charge on any atom is 0.408 e. The Morgan fingerprint density at radius 3 is 2.44 bits per heavy atom. The number of hydrogen-bond acceptors (Lipinski definition) is 6. The molecule has 1 aromatic heterocycles. The lowest BCUT2D eigenvalue weighted by molar-refractivity contribution is 0.0369. The third-order valence-electron chi connectivity index (χ3n) is 6.29. The van der Waals surface area contributed by atoms with Crippen LogP contribution in [0, 0.1) is 5.82 Å². The fraction of sp³-hybridized carbons (Fsp3) is 0.560. The molecule has 2 aliphatic rings. The Morgan fingerprint density at radius 2 is 1.94 bits per heavy atom. The van der Waals surface area contributed by atoms with Gasteiger partial charge in [0.25, 0.3) is 0 Å². The molecule has 1 amide bonds. The third kappa shape index (κ3) is 4.23. The van der Waals surface area contributed by atoms with E-state index in [9.17, 15) is 14.4 Å². The Balaban J connectivity index is 1.92. The number of rotatable bonds is 6. The van der Waals surface area contributed by atoms with Crippen molar-refractivity contribution in [2.24, 2.45) is 0 Å². The summed E-state index contributed by atoms with van der Waals surface area (Å²) in [6.07, 6.45) is 4.34. The summed E-state index contributed by atoms with van der Waals surface area (Å²) in [6.45, 7) is 7.05. The molecule has 2 saturated carbocycles. The molecule has 0 atom stereocenters. The first kappa shape index (κ1) is 24.0. The predicted octanol–water partition coefficient (Wildman–Crippen LogP) is 4.56. The number of methoxy groups -OCH3 is 1. The minimum atomic E-state index is -1.02. The molecular formula is C25H31FN2O6. The first-order chi connectivity index (χ1) is 16.0. The van der Waals surface area contributed by atoms with Gasteiger partial charge in [0.15, 0.2) is 5.75 Å². The number of pyridine rings is 1. The summed E-state index contributed by atoms with van der Waals surface area (Å²) in [7, 11) is 1.42. The van der Waals surface area contributed by atoms with Gasteiger partial charge in [-0.1, -0.05) is 0 Å². The van der Waals surface area contributed by atoms with Crippen LogP contribution in [-0.4, -0.2) is 35.9 Å². The number of amides is 1. The van der Waals surface area contributed by atoms with Gasteiger partial charge in [-0.2, -0.15) is 0 Å². The summed E-state index contributed by atoms with van der Waals surface area (Å²) in [5.74, 6) is -1.24. The SMILES string of the molecule is CCOC(=O)c1cn(C2CC2)c2c(OC)c(C3(NC(=O)OC(C)(C)C)CCC3)c(F)cc2c1=O. The molecule has 8 nitrogen and oxygen atoms in total. The van der Waals surface area contributed by atoms with E-state index >= 15 is 4.39 Å². The van der Waals surface area contributed by atoms with Crippen molar-refractivity contribution in [3.63, 3.8) is 0 Å². The van der Waals surface area contributed by atoms with Gasteiger partial charge < -0.3 is 24.1 Å². The summed E-state index contributed by atoms with van der Waals surface area (Å²) in [5, 5.41) is 2.91. The average molecular weight is 475 g/mol. The molecule has 9 heteroatoms. The first-order valence-electron chi connectivity index (χ1n) is 11.7. The Kier molecular flexibility index (Phi) is 6.08. The van der Waals surface area contributed by atoms with Crippen LogP contribution >= 0.6 is 0 Å². The molecule has 1 N–H and O–H groups in total. The maximum absolute atomic E-state index is 15.7. The number of esters is 1. The monoisotopic (exact) mass is 474 g/mol. The number of halogens is 1. The van der Waals surface area contributed by atoms with Crippen LogP contribution < -0.4 is 15.5 Å². The lowest BCUT2D eigenvalue weighted by atomic mass is 9.71. The molecule has 0 aliphatic heterocycles. The van der Waals surface area contributed by atoms with Gasteiger partial charge >= 0.3 is 12.1 Å². The van der Waals surface area contributed by atoms with E-state index in [0.717, 1.165) is 25.3 Å². The predicted molar refractivity (Wildman–Crippen MR) is 124 cm³/mol. The van der Waals surface area contributed by atoms with Gasteiger partial charge in [-0.3, -0.25) is 4.79 Å². The molecule has 0 spiro atoms. The molecule has 2 aliphatic carbocycles. The zero-order chi connectivity index (χ0) is 24.8. The van der Waals surface area contributed by atoms with Crippen molar-refractivity contribution in [1.29, 1.82) is 0 Å². The molecule has 1 heterocycles. The van der Waals surface area contributed by atoms with Crippen LogP contribution in [0.15, 0.2) is 17.1 Å². The number of hydrogen-bond donors (Lipinski definition) is 1. The van der Waals surface area contributed by atoms with Gasteiger partial charge in [0.1, 0.15) is 17.0 Å². The van der Waals surface area contributed by atoms with Crippen molar-refractivity contribution in [3.8, 4) is 5.75 Å². The molecule has 0 bridgehead atoms. The largest absolute Gasteiger partial charge is 0.494 e. The van der Waals surface area contributed by atoms with Crippen LogP contribution in [-0.2, 0) is 15.0 Å². The van der Waals surface area contributed by atoms with Crippen LogP contribution in [0.1, 0.15) is 81.8 Å². The van der Waals surface area contributed by atoms with Crippen molar-refractivity contribution >= 4 is 23.0 Å². The Hall–Kier alpha value is -3.10. The number of aromatic nitrogens is 1. The van der Waals surface area contributed by atoms with E-state index in [1.807, 2.05) is 4.57 Å². The van der Waals surface area contributed by atoms with Crippen LogP contribution in [0.4, 0.5) is 9.18 Å². The number of benzene rings is 1. The van der Waals surface area contributed by atoms with Crippen LogP contribution in [0.3, 0.4) is 0 Å². The number of carbonyl (C=O) groups excluding carboxylic acids is 2. The molecule has 184 valence electrons. The van der Waals surface area contributed by atoms with E-state index in [0.29, 0.717) is 18.4 Å². The Morgan fingerprint density at radius 1 is 1.26 bits per heavy atom. The zero-order valence-electron chi connectivity index (χ0n) is 20.2. The fourth-order valence-electron chi connectivity index (χ4n) is 4.56. The lowest BCUT2D eigenvalue weighted by Crippen LogP contribution is -2.52. The normalized spacial score (nSPS) is 17.1. The van der Waals surface area contributed by atoms with Crippen molar-refractivity contribution in [2.45, 2.75) is 77.0 Å². The molecule has 1 aromatic carbocycles. The fourth-order valence-corrected chi connectivity index (χ4v) is 4.56. The van der Waals surface area contributed by atoms with Gasteiger partial charge in [-0.15, -0.1) is 0 Å². The summed E-state index contributed by atoms with van der Waals surface area (Å²) < 4.78 is 33.7. The molecule has 4 rings (SSSR count). The van der Waals surface area contributed by atoms with E-state index in [1.165, 1.54) is 13.3 Å². The van der Waals surface area contributed by atoms with E-state index in [2.05, 4.69) is 5.32 Å². The third-order valence-corrected chi connectivity index (χ3v) is 6.29. The second kappa shape index (κ2) is 8.60. The molecule has 0 unspecified atom stereocenters. The number of fused-ring (bicyclic) bond motifs is 1. The van der Waals surface area contributed by atoms with Crippen molar-refractivity contribution in [2.75, 3.05) is 13.7 Å². The summed E-state index contributed by atoms with van der Waals surface area (Å²) in [5.41, 5.74) is -1.88. The van der Waals surface area contributed by atoms with E-state index in [4.69, 9.17) is 14.2 Å². The highest BCUT2D eigenvalue weighted by atomic mass is 19.1. The minimum Gasteiger partial charge on any atom is -0.494 e. The van der Waals surface area contributed by atoms with Gasteiger partial charge in [0.2, 0.25) is 5.43 Å². The van der Waals surface area contributed by atoms with Crippen LogP contribution in [0.5, 0.6) is 5.75 Å². The van der Waals surface area contributed by atoms with E-state index in [-0.39, 0.29) is 34.9 Å². The second-order valence-electron chi connectivity index (χ2n) is 9.96. The highest BCUT2D eigenvalue weighted by Gasteiger charge is 2.46. The topological polar surface area (TPSA) is 95.9 Å². The summed E-state index contributed by atoms with van der Waals surface area (Å²) in [4.78, 5) is 38.3. The summed E-state index contributed by atoms with van der Waals surface area (Å²) >= 11 is 0. The van der Waals surface area contributed by atoms with Crippen molar-refractivity contribution < 1.29 is 28.2 Å². The highest BCUT2D eigenvalue weighted by molar-refractivity contribution is 5.96. The number of alkyl carbamates (subject to hydrolysis) is 1. The molecule has 2 aromatic rings. The number of ether oxygens (including phenoxy) is 3. The molecule has 2 fully saturated rings. The number of nitrogens with one attached hydrogen (secondary N) is 1. The second-order valence-corrected chi connectivity index (χ2v) is 9.96. The molecule has 0 radical (unpaired) electrons. The zero-order valence-corrected chi connectivity index (χ0v) is 20.2. The van der Waals surface area contributed by atoms with Crippen LogP contribution in [0.2, 0.25) is 0 Å².